The highest BCUT2D eigenvalue weighted by molar-refractivity contribution is 5.77. The fourth-order valence-corrected chi connectivity index (χ4v) is 1.36. The van der Waals surface area contributed by atoms with Gasteiger partial charge in [0.1, 0.15) is 12.6 Å². The molecule has 1 rings (SSSR count). The van der Waals surface area contributed by atoms with Crippen LogP contribution in [0.3, 0.4) is 0 Å². The number of piperidine rings is 1. The molecule has 0 saturated carbocycles. The summed E-state index contributed by atoms with van der Waals surface area (Å²) in [7, 11) is 1.24. The number of ether oxygens (including phenoxy) is 2. The largest absolute Gasteiger partial charge is 0.461 e. The predicted molar refractivity (Wildman–Crippen MR) is 52.4 cm³/mol. The van der Waals surface area contributed by atoms with Crippen molar-refractivity contribution in [2.45, 2.75) is 18.9 Å². The Bertz CT molecular complexity index is 226. The number of methoxy groups -OCH3 is 1. The standard InChI is InChI=1S/C9H16N2O4/c1-14-9(13)11-6-8(12)15-7-2-4-10-5-3-7/h7,10H,2-6H2,1H3,(H,11,13). The Hall–Kier alpha value is -1.30. The number of hydrogen-bond acceptors (Lipinski definition) is 5. The maximum atomic E-state index is 11.2. The molecule has 6 nitrogen and oxygen atoms in total. The molecular weight excluding hydrogens is 200 g/mol. The summed E-state index contributed by atoms with van der Waals surface area (Å²) in [4.78, 5) is 21.9. The topological polar surface area (TPSA) is 76.7 Å². The van der Waals surface area contributed by atoms with E-state index in [1.807, 2.05) is 0 Å². The van der Waals surface area contributed by atoms with Crippen LogP contribution in [0.25, 0.3) is 0 Å². The average Bonchev–Trinajstić information content (AvgIpc) is 2.27. The zero-order valence-corrected chi connectivity index (χ0v) is 8.75. The molecule has 6 heteroatoms. The quantitative estimate of drug-likeness (QED) is 0.630. The number of rotatable bonds is 3. The van der Waals surface area contributed by atoms with E-state index in [0.29, 0.717) is 0 Å². The third-order valence-corrected chi connectivity index (χ3v) is 2.15. The van der Waals surface area contributed by atoms with Crippen molar-refractivity contribution in [3.05, 3.63) is 0 Å². The Morgan fingerprint density at radius 3 is 2.67 bits per heavy atom. The van der Waals surface area contributed by atoms with Crippen molar-refractivity contribution >= 4 is 12.1 Å². The van der Waals surface area contributed by atoms with Crippen LogP contribution in [0, 0.1) is 0 Å². The van der Waals surface area contributed by atoms with Crippen LogP contribution < -0.4 is 10.6 Å². The van der Waals surface area contributed by atoms with Gasteiger partial charge in [-0.3, -0.25) is 4.79 Å². The first-order valence-electron chi connectivity index (χ1n) is 4.94. The van der Waals surface area contributed by atoms with Crippen molar-refractivity contribution in [2.24, 2.45) is 0 Å². The molecule has 1 fully saturated rings. The van der Waals surface area contributed by atoms with Crippen LogP contribution in [0.5, 0.6) is 0 Å². The molecule has 1 aliphatic heterocycles. The second-order valence-corrected chi connectivity index (χ2v) is 3.28. The van der Waals surface area contributed by atoms with Gasteiger partial charge < -0.3 is 20.1 Å². The van der Waals surface area contributed by atoms with Crippen molar-refractivity contribution in [3.63, 3.8) is 0 Å². The molecule has 0 atom stereocenters. The lowest BCUT2D eigenvalue weighted by atomic mass is 10.1. The smallest absolute Gasteiger partial charge is 0.407 e. The van der Waals surface area contributed by atoms with Crippen LogP contribution in [-0.2, 0) is 14.3 Å². The van der Waals surface area contributed by atoms with Crippen LogP contribution >= 0.6 is 0 Å². The van der Waals surface area contributed by atoms with Gasteiger partial charge in [-0.25, -0.2) is 4.79 Å². The van der Waals surface area contributed by atoms with Gasteiger partial charge >= 0.3 is 12.1 Å². The molecule has 15 heavy (non-hydrogen) atoms. The molecule has 0 aromatic heterocycles. The maximum Gasteiger partial charge on any atom is 0.407 e. The average molecular weight is 216 g/mol. The molecule has 1 amide bonds. The van der Waals surface area contributed by atoms with Gasteiger partial charge in [-0.05, 0) is 25.9 Å². The first-order chi connectivity index (χ1) is 7.22. The summed E-state index contributed by atoms with van der Waals surface area (Å²) in [6, 6.07) is 0. The minimum Gasteiger partial charge on any atom is -0.461 e. The van der Waals surface area contributed by atoms with Gasteiger partial charge in [0.25, 0.3) is 0 Å². The van der Waals surface area contributed by atoms with Crippen LogP contribution in [0.2, 0.25) is 0 Å². The summed E-state index contributed by atoms with van der Waals surface area (Å²) in [5.41, 5.74) is 0. The van der Waals surface area contributed by atoms with E-state index >= 15 is 0 Å². The monoisotopic (exact) mass is 216 g/mol. The fourth-order valence-electron chi connectivity index (χ4n) is 1.36. The van der Waals surface area contributed by atoms with E-state index < -0.39 is 12.1 Å². The summed E-state index contributed by atoms with van der Waals surface area (Å²) in [6.45, 7) is 1.58. The molecule has 1 saturated heterocycles. The zero-order valence-electron chi connectivity index (χ0n) is 8.75. The lowest BCUT2D eigenvalue weighted by Gasteiger charge is -2.22. The first-order valence-corrected chi connectivity index (χ1v) is 4.94. The molecule has 0 bridgehead atoms. The van der Waals surface area contributed by atoms with E-state index in [0.717, 1.165) is 25.9 Å². The van der Waals surface area contributed by atoms with Crippen molar-refractivity contribution in [3.8, 4) is 0 Å². The van der Waals surface area contributed by atoms with Crippen LogP contribution in [0.15, 0.2) is 0 Å². The van der Waals surface area contributed by atoms with E-state index in [2.05, 4.69) is 15.4 Å². The van der Waals surface area contributed by atoms with Gasteiger partial charge in [-0.15, -0.1) is 0 Å². The van der Waals surface area contributed by atoms with E-state index in [9.17, 15) is 9.59 Å². The highest BCUT2D eigenvalue weighted by atomic mass is 16.6. The Morgan fingerprint density at radius 2 is 2.07 bits per heavy atom. The first kappa shape index (κ1) is 11.8. The summed E-state index contributed by atoms with van der Waals surface area (Å²) < 4.78 is 9.46. The van der Waals surface area contributed by atoms with Gasteiger partial charge in [0, 0.05) is 0 Å². The molecule has 1 heterocycles. The normalized spacial score (nSPS) is 16.9. The number of nitrogens with one attached hydrogen (secondary N) is 2. The van der Waals surface area contributed by atoms with E-state index in [1.165, 1.54) is 7.11 Å². The number of carbonyl (C=O) groups excluding carboxylic acids is 2. The van der Waals surface area contributed by atoms with Gasteiger partial charge in [-0.2, -0.15) is 0 Å². The van der Waals surface area contributed by atoms with E-state index in [4.69, 9.17) is 4.74 Å². The Morgan fingerprint density at radius 1 is 1.40 bits per heavy atom. The SMILES string of the molecule is COC(=O)NCC(=O)OC1CCNCC1. The number of amides is 1. The Kier molecular flexibility index (Phi) is 4.89. The summed E-state index contributed by atoms with van der Waals surface area (Å²) in [5.74, 6) is -0.424. The van der Waals surface area contributed by atoms with E-state index in [-0.39, 0.29) is 12.6 Å². The number of hydrogen-bond donors (Lipinski definition) is 2. The highest BCUT2D eigenvalue weighted by Crippen LogP contribution is 2.06. The van der Waals surface area contributed by atoms with Crippen molar-refractivity contribution in [1.82, 2.24) is 10.6 Å². The molecule has 1 aliphatic rings. The third kappa shape index (κ3) is 4.64. The van der Waals surface area contributed by atoms with Crippen molar-refractivity contribution in [2.75, 3.05) is 26.7 Å². The minimum atomic E-state index is -0.628. The fraction of sp³-hybridized carbons (Fsp3) is 0.778. The predicted octanol–water partition coefficient (Wildman–Crippen LogP) is -0.362. The number of alkyl carbamates (subject to hydrolysis) is 1. The maximum absolute atomic E-state index is 11.2. The third-order valence-electron chi connectivity index (χ3n) is 2.15. The lowest BCUT2D eigenvalue weighted by molar-refractivity contribution is -0.148. The van der Waals surface area contributed by atoms with Crippen molar-refractivity contribution in [1.29, 1.82) is 0 Å². The van der Waals surface area contributed by atoms with Crippen LogP contribution in [0.1, 0.15) is 12.8 Å². The van der Waals surface area contributed by atoms with Crippen molar-refractivity contribution < 1.29 is 19.1 Å². The summed E-state index contributed by atoms with van der Waals surface area (Å²) in [6.07, 6.45) is 0.990. The van der Waals surface area contributed by atoms with Crippen LogP contribution in [-0.4, -0.2) is 44.9 Å². The zero-order chi connectivity index (χ0) is 11.1. The molecule has 86 valence electrons. The van der Waals surface area contributed by atoms with Gasteiger partial charge in [-0.1, -0.05) is 0 Å². The second kappa shape index (κ2) is 6.23. The molecule has 0 radical (unpaired) electrons. The number of esters is 1. The highest BCUT2D eigenvalue weighted by Gasteiger charge is 2.17. The van der Waals surface area contributed by atoms with Gasteiger partial charge in [0.05, 0.1) is 7.11 Å². The molecule has 0 aromatic carbocycles. The molecule has 0 spiro atoms. The lowest BCUT2D eigenvalue weighted by Crippen LogP contribution is -2.37. The molecule has 2 N–H and O–H groups in total. The van der Waals surface area contributed by atoms with Gasteiger partial charge in [0.15, 0.2) is 0 Å². The molecular formula is C9H16N2O4. The Balaban J connectivity index is 2.14. The molecule has 0 aliphatic carbocycles. The van der Waals surface area contributed by atoms with E-state index in [1.54, 1.807) is 0 Å². The summed E-state index contributed by atoms with van der Waals surface area (Å²) in [5, 5.41) is 5.44. The minimum absolute atomic E-state index is 0.0294. The summed E-state index contributed by atoms with van der Waals surface area (Å²) >= 11 is 0. The van der Waals surface area contributed by atoms with Gasteiger partial charge in [0.2, 0.25) is 0 Å². The Labute approximate surface area is 88.3 Å². The molecule has 0 unspecified atom stereocenters. The van der Waals surface area contributed by atoms with Crippen LogP contribution in [0.4, 0.5) is 4.79 Å². The number of carbonyl (C=O) groups is 2. The molecule has 0 aromatic rings. The second-order valence-electron chi connectivity index (χ2n) is 3.28.